The van der Waals surface area contributed by atoms with Crippen LogP contribution in [-0.2, 0) is 17.2 Å². The van der Waals surface area contributed by atoms with Crippen molar-refractivity contribution in [2.24, 2.45) is 13.0 Å². The third kappa shape index (κ3) is 3.18. The molecule has 1 saturated heterocycles. The maximum atomic E-state index is 6.00. The van der Waals surface area contributed by atoms with Gasteiger partial charge in [0.25, 0.3) is 0 Å². The van der Waals surface area contributed by atoms with E-state index in [0.29, 0.717) is 5.92 Å². The Kier molecular flexibility index (Phi) is 4.31. The molecule has 1 N–H and O–H groups in total. The zero-order valence-corrected chi connectivity index (χ0v) is 12.9. The minimum Gasteiger partial charge on any atom is -0.373 e. The minimum absolute atomic E-state index is 0.0608. The van der Waals surface area contributed by atoms with Gasteiger partial charge in [-0.2, -0.15) is 5.10 Å². The number of aromatic nitrogens is 2. The van der Waals surface area contributed by atoms with Crippen LogP contribution in [0.1, 0.15) is 51.5 Å². The van der Waals surface area contributed by atoms with Crippen molar-refractivity contribution in [3.63, 3.8) is 0 Å². The zero-order chi connectivity index (χ0) is 14.0. The lowest BCUT2D eigenvalue weighted by Crippen LogP contribution is -2.26. The van der Waals surface area contributed by atoms with Gasteiger partial charge in [-0.3, -0.25) is 4.68 Å². The average molecular weight is 265 g/mol. The molecular weight excluding hydrogens is 238 g/mol. The second kappa shape index (κ2) is 5.63. The smallest absolute Gasteiger partial charge is 0.0899 e. The number of nitrogens with zero attached hydrogens (tertiary/aromatic N) is 2. The molecule has 0 bridgehead atoms. The van der Waals surface area contributed by atoms with Gasteiger partial charge in [0.05, 0.1) is 11.8 Å². The quantitative estimate of drug-likeness (QED) is 0.908. The molecule has 0 radical (unpaired) electrons. The van der Waals surface area contributed by atoms with Gasteiger partial charge in [0.1, 0.15) is 0 Å². The van der Waals surface area contributed by atoms with E-state index in [0.717, 1.165) is 26.1 Å². The number of hydrogen-bond donors (Lipinski definition) is 1. The second-order valence-electron chi connectivity index (χ2n) is 6.50. The normalized spacial score (nSPS) is 24.1. The van der Waals surface area contributed by atoms with Gasteiger partial charge in [0, 0.05) is 43.3 Å². The number of aryl methyl sites for hydroxylation is 1. The van der Waals surface area contributed by atoms with E-state index in [-0.39, 0.29) is 11.5 Å². The molecule has 1 aromatic rings. The summed E-state index contributed by atoms with van der Waals surface area (Å²) >= 11 is 0. The number of nitrogens with one attached hydrogen (secondary N) is 1. The Hall–Kier alpha value is -0.870. The van der Waals surface area contributed by atoms with E-state index in [1.165, 1.54) is 11.3 Å². The van der Waals surface area contributed by atoms with Gasteiger partial charge in [-0.25, -0.2) is 0 Å². The summed E-state index contributed by atoms with van der Waals surface area (Å²) in [4.78, 5) is 0. The highest BCUT2D eigenvalue weighted by Gasteiger charge is 2.35. The van der Waals surface area contributed by atoms with E-state index in [1.807, 2.05) is 11.7 Å². The fourth-order valence-electron chi connectivity index (χ4n) is 2.81. The Morgan fingerprint density at radius 2 is 2.21 bits per heavy atom. The molecule has 2 heterocycles. The highest BCUT2D eigenvalue weighted by atomic mass is 16.5. The number of rotatable bonds is 4. The molecule has 19 heavy (non-hydrogen) atoms. The Bertz CT molecular complexity index is 420. The van der Waals surface area contributed by atoms with Crippen molar-refractivity contribution in [3.8, 4) is 0 Å². The molecule has 4 nitrogen and oxygen atoms in total. The van der Waals surface area contributed by atoms with Crippen LogP contribution in [0.5, 0.6) is 0 Å². The average Bonchev–Trinajstić information content (AvgIpc) is 2.91. The van der Waals surface area contributed by atoms with E-state index >= 15 is 0 Å². The third-order valence-corrected chi connectivity index (χ3v) is 3.74. The first kappa shape index (κ1) is 14.5. The fraction of sp³-hybridized carbons (Fsp3) is 0.800. The van der Waals surface area contributed by atoms with Crippen LogP contribution in [0.15, 0.2) is 6.20 Å². The first-order valence-corrected chi connectivity index (χ1v) is 7.29. The van der Waals surface area contributed by atoms with Crippen molar-refractivity contribution < 1.29 is 4.74 Å². The van der Waals surface area contributed by atoms with Gasteiger partial charge >= 0.3 is 0 Å². The standard InChI is InChI=1S/C15H27N3O/c1-6-16-9-11-7-8-19-13(11)12-10-18(5)17-14(12)15(2,3)4/h10-11,13,16H,6-9H2,1-5H3. The monoisotopic (exact) mass is 265 g/mol. The Morgan fingerprint density at radius 1 is 1.47 bits per heavy atom. The van der Waals surface area contributed by atoms with Crippen molar-refractivity contribution in [1.29, 1.82) is 0 Å². The summed E-state index contributed by atoms with van der Waals surface area (Å²) in [6, 6.07) is 0. The summed E-state index contributed by atoms with van der Waals surface area (Å²) in [5.41, 5.74) is 2.50. The van der Waals surface area contributed by atoms with Gasteiger partial charge in [0.15, 0.2) is 0 Å². The van der Waals surface area contributed by atoms with Gasteiger partial charge < -0.3 is 10.1 Å². The molecule has 4 heteroatoms. The molecule has 0 spiro atoms. The van der Waals surface area contributed by atoms with Crippen LogP contribution in [0.3, 0.4) is 0 Å². The van der Waals surface area contributed by atoms with Gasteiger partial charge in [-0.05, 0) is 13.0 Å². The molecule has 2 unspecified atom stereocenters. The fourth-order valence-corrected chi connectivity index (χ4v) is 2.81. The minimum atomic E-state index is 0.0608. The molecule has 1 aromatic heterocycles. The molecule has 0 saturated carbocycles. The zero-order valence-electron chi connectivity index (χ0n) is 12.9. The lowest BCUT2D eigenvalue weighted by Gasteiger charge is -2.23. The number of hydrogen-bond acceptors (Lipinski definition) is 3. The summed E-state index contributed by atoms with van der Waals surface area (Å²) in [6.07, 6.45) is 3.47. The van der Waals surface area contributed by atoms with Gasteiger partial charge in [0.2, 0.25) is 0 Å². The predicted molar refractivity (Wildman–Crippen MR) is 77.3 cm³/mol. The lowest BCUT2D eigenvalue weighted by atomic mass is 9.85. The van der Waals surface area contributed by atoms with Crippen molar-refractivity contribution >= 4 is 0 Å². The Labute approximate surface area is 116 Å². The molecule has 1 fully saturated rings. The summed E-state index contributed by atoms with van der Waals surface area (Å²) in [5.74, 6) is 0.560. The van der Waals surface area contributed by atoms with Crippen LogP contribution in [-0.4, -0.2) is 29.5 Å². The molecule has 1 aliphatic rings. The summed E-state index contributed by atoms with van der Waals surface area (Å²) in [5, 5.41) is 8.11. The van der Waals surface area contributed by atoms with E-state index in [2.05, 4.69) is 44.3 Å². The molecule has 108 valence electrons. The largest absolute Gasteiger partial charge is 0.373 e. The van der Waals surface area contributed by atoms with Crippen LogP contribution in [0.25, 0.3) is 0 Å². The van der Waals surface area contributed by atoms with Crippen molar-refractivity contribution in [2.45, 2.75) is 45.6 Å². The first-order chi connectivity index (χ1) is 8.93. The molecule has 0 amide bonds. The summed E-state index contributed by atoms with van der Waals surface area (Å²) < 4.78 is 7.92. The molecule has 1 aliphatic heterocycles. The van der Waals surface area contributed by atoms with Crippen LogP contribution in [0.2, 0.25) is 0 Å². The molecule has 0 aliphatic carbocycles. The highest BCUT2D eigenvalue weighted by molar-refractivity contribution is 5.27. The first-order valence-electron chi connectivity index (χ1n) is 7.29. The van der Waals surface area contributed by atoms with E-state index in [9.17, 15) is 0 Å². The van der Waals surface area contributed by atoms with Crippen LogP contribution < -0.4 is 5.32 Å². The van der Waals surface area contributed by atoms with Gasteiger partial charge in [-0.15, -0.1) is 0 Å². The molecule has 2 atom stereocenters. The highest BCUT2D eigenvalue weighted by Crippen LogP contribution is 2.38. The maximum Gasteiger partial charge on any atom is 0.0899 e. The van der Waals surface area contributed by atoms with Crippen LogP contribution in [0, 0.1) is 5.92 Å². The van der Waals surface area contributed by atoms with Gasteiger partial charge in [-0.1, -0.05) is 27.7 Å². The molecular formula is C15H27N3O. The van der Waals surface area contributed by atoms with Crippen LogP contribution in [0.4, 0.5) is 0 Å². The lowest BCUT2D eigenvalue weighted by molar-refractivity contribution is 0.0891. The SMILES string of the molecule is CCNCC1CCOC1c1cn(C)nc1C(C)(C)C. The predicted octanol–water partition coefficient (Wildman–Crippen LogP) is 2.40. The van der Waals surface area contributed by atoms with Crippen LogP contribution >= 0.6 is 0 Å². The topological polar surface area (TPSA) is 39.1 Å². The van der Waals surface area contributed by atoms with E-state index < -0.39 is 0 Å². The molecule has 0 aromatic carbocycles. The van der Waals surface area contributed by atoms with Crippen molar-refractivity contribution in [3.05, 3.63) is 17.5 Å². The Balaban J connectivity index is 2.25. The Morgan fingerprint density at radius 3 is 2.84 bits per heavy atom. The number of ether oxygens (including phenoxy) is 1. The summed E-state index contributed by atoms with van der Waals surface area (Å²) in [6.45, 7) is 11.7. The third-order valence-electron chi connectivity index (χ3n) is 3.74. The van der Waals surface area contributed by atoms with E-state index in [4.69, 9.17) is 4.74 Å². The second-order valence-corrected chi connectivity index (χ2v) is 6.50. The summed E-state index contributed by atoms with van der Waals surface area (Å²) in [7, 11) is 1.99. The maximum absolute atomic E-state index is 6.00. The van der Waals surface area contributed by atoms with E-state index in [1.54, 1.807) is 0 Å². The van der Waals surface area contributed by atoms with Crippen molar-refractivity contribution in [1.82, 2.24) is 15.1 Å². The molecule has 2 rings (SSSR count). The van der Waals surface area contributed by atoms with Crippen molar-refractivity contribution in [2.75, 3.05) is 19.7 Å².